The Hall–Kier alpha value is -2.90. The van der Waals surface area contributed by atoms with E-state index < -0.39 is 12.9 Å². The van der Waals surface area contributed by atoms with Gasteiger partial charge >= 0.3 is 5.97 Å². The third-order valence-electron chi connectivity index (χ3n) is 4.51. The van der Waals surface area contributed by atoms with Gasteiger partial charge in [0.2, 0.25) is 0 Å². The number of rotatable bonds is 7. The van der Waals surface area contributed by atoms with Crippen LogP contribution >= 0.6 is 6.89 Å². The van der Waals surface area contributed by atoms with Crippen molar-refractivity contribution in [3.05, 3.63) is 91.0 Å². The maximum absolute atomic E-state index is 13.0. The Kier molecular flexibility index (Phi) is 6.85. The summed E-state index contributed by atoms with van der Waals surface area (Å²) in [6, 6.07) is 30.2. The summed E-state index contributed by atoms with van der Waals surface area (Å²) in [5.41, 5.74) is 0. The maximum Gasteiger partial charge on any atom is 0.313 e. The summed E-state index contributed by atoms with van der Waals surface area (Å²) in [6.07, 6.45) is -0.501. The van der Waals surface area contributed by atoms with Crippen molar-refractivity contribution in [2.45, 2.75) is 26.4 Å². The highest BCUT2D eigenvalue weighted by Crippen LogP contribution is 2.43. The van der Waals surface area contributed by atoms with E-state index in [1.165, 1.54) is 0 Å². The lowest BCUT2D eigenvalue weighted by Gasteiger charge is -2.28. The van der Waals surface area contributed by atoms with Crippen molar-refractivity contribution in [3.8, 4) is 0 Å². The van der Waals surface area contributed by atoms with Crippen LogP contribution in [0.3, 0.4) is 0 Å². The van der Waals surface area contributed by atoms with E-state index in [1.807, 2.05) is 54.6 Å². The molecule has 0 spiro atoms. The summed E-state index contributed by atoms with van der Waals surface area (Å²) >= 11 is 0. The molecule has 0 aliphatic rings. The zero-order chi connectivity index (χ0) is 20.7. The summed E-state index contributed by atoms with van der Waals surface area (Å²) in [7, 11) is 0. The Labute approximate surface area is 172 Å². The highest BCUT2D eigenvalue weighted by atomic mass is 31.2. The van der Waals surface area contributed by atoms with E-state index in [0.29, 0.717) is 0 Å². The van der Waals surface area contributed by atoms with Crippen LogP contribution in [0.25, 0.3) is 0 Å². The molecule has 0 bridgehead atoms. The predicted octanol–water partition coefficient (Wildman–Crippen LogP) is 3.69. The third kappa shape index (κ3) is 4.93. The van der Waals surface area contributed by atoms with Gasteiger partial charge in [-0.05, 0) is 42.4 Å². The molecule has 0 aromatic heterocycles. The lowest BCUT2D eigenvalue weighted by molar-refractivity contribution is -0.148. The quantitative estimate of drug-likeness (QED) is 0.343. The lowest BCUT2D eigenvalue weighted by Crippen LogP contribution is -2.29. The molecule has 0 radical (unpaired) electrons. The third-order valence-corrected chi connectivity index (χ3v) is 8.53. The minimum atomic E-state index is -2.38. The van der Waals surface area contributed by atoms with E-state index in [-0.39, 0.29) is 18.3 Å². The molecule has 0 unspecified atom stereocenters. The second-order valence-corrected chi connectivity index (χ2v) is 10.3. The number of carbonyl (C=O) groups is 2. The fourth-order valence-corrected chi connectivity index (χ4v) is 7.16. The number of ether oxygens (including phenoxy) is 1. The van der Waals surface area contributed by atoms with Crippen LogP contribution in [0.4, 0.5) is 0 Å². The molecule has 0 N–H and O–H groups in total. The van der Waals surface area contributed by atoms with Crippen LogP contribution in [0.5, 0.6) is 0 Å². The Balaban J connectivity index is 2.23. The molecule has 0 saturated heterocycles. The fraction of sp³-hybridized carbons (Fsp3) is 0.160. The van der Waals surface area contributed by atoms with Crippen LogP contribution in [0.1, 0.15) is 20.3 Å². The van der Waals surface area contributed by atoms with E-state index in [0.717, 1.165) is 15.9 Å². The van der Waals surface area contributed by atoms with Gasteiger partial charge in [0, 0.05) is 0 Å². The molecule has 3 aromatic rings. The standard InChI is InChI=1S/C25H25O3P/c1-20(2)28-25(27)18-21(26)19-29(22-12-6-3-7-13-22,23-14-8-4-9-15-23)24-16-10-5-11-17-24/h3-17,19-20H,18H2,1-2H3. The van der Waals surface area contributed by atoms with Crippen molar-refractivity contribution in [2.75, 3.05) is 0 Å². The van der Waals surface area contributed by atoms with Crippen LogP contribution in [0, 0.1) is 0 Å². The van der Waals surface area contributed by atoms with Crippen LogP contribution in [0.15, 0.2) is 91.0 Å². The second kappa shape index (κ2) is 9.54. The minimum Gasteiger partial charge on any atom is -0.463 e. The van der Waals surface area contributed by atoms with Gasteiger partial charge in [0.15, 0.2) is 5.78 Å². The van der Waals surface area contributed by atoms with E-state index in [4.69, 9.17) is 4.74 Å². The molecule has 0 aliphatic carbocycles. The van der Waals surface area contributed by atoms with Gasteiger partial charge in [-0.3, -0.25) is 9.59 Å². The molecule has 0 aliphatic heterocycles. The van der Waals surface area contributed by atoms with E-state index >= 15 is 0 Å². The molecule has 4 heteroatoms. The number of carbonyl (C=O) groups excluding carboxylic acids is 2. The van der Waals surface area contributed by atoms with Crippen LogP contribution in [-0.2, 0) is 14.3 Å². The first-order valence-electron chi connectivity index (χ1n) is 9.66. The molecular weight excluding hydrogens is 379 g/mol. The highest BCUT2D eigenvalue weighted by molar-refractivity contribution is 7.95. The summed E-state index contributed by atoms with van der Waals surface area (Å²) in [4.78, 5) is 25.2. The molecule has 29 heavy (non-hydrogen) atoms. The average molecular weight is 404 g/mol. The van der Waals surface area contributed by atoms with Crippen molar-refractivity contribution in [1.29, 1.82) is 0 Å². The van der Waals surface area contributed by atoms with Crippen molar-refractivity contribution in [2.24, 2.45) is 0 Å². The lowest BCUT2D eigenvalue weighted by atomic mass is 10.3. The Morgan fingerprint density at radius 1 is 0.759 bits per heavy atom. The summed E-state index contributed by atoms with van der Waals surface area (Å²) in [5.74, 6) is 1.06. The van der Waals surface area contributed by atoms with Gasteiger partial charge in [-0.2, -0.15) is 0 Å². The average Bonchev–Trinajstić information content (AvgIpc) is 2.73. The van der Waals surface area contributed by atoms with Gasteiger partial charge in [0.25, 0.3) is 0 Å². The van der Waals surface area contributed by atoms with Crippen molar-refractivity contribution < 1.29 is 14.3 Å². The Bertz CT molecular complexity index is 906. The molecule has 0 heterocycles. The number of benzene rings is 3. The first-order valence-corrected chi connectivity index (χ1v) is 11.5. The number of esters is 1. The topological polar surface area (TPSA) is 43.4 Å². The molecule has 148 valence electrons. The highest BCUT2D eigenvalue weighted by Gasteiger charge is 2.26. The van der Waals surface area contributed by atoms with E-state index in [2.05, 4.69) is 36.4 Å². The number of hydrogen-bond donors (Lipinski definition) is 0. The van der Waals surface area contributed by atoms with Gasteiger partial charge in [-0.1, -0.05) is 91.0 Å². The normalized spacial score (nSPS) is 11.1. The van der Waals surface area contributed by atoms with Gasteiger partial charge in [0.1, 0.15) is 6.42 Å². The minimum absolute atomic E-state index is 0.222. The zero-order valence-corrected chi connectivity index (χ0v) is 17.6. The predicted molar refractivity (Wildman–Crippen MR) is 122 cm³/mol. The monoisotopic (exact) mass is 404 g/mol. The molecule has 3 nitrogen and oxygen atoms in total. The van der Waals surface area contributed by atoms with Crippen LogP contribution < -0.4 is 15.9 Å². The summed E-state index contributed by atoms with van der Waals surface area (Å²) in [6.45, 7) is 1.18. The molecule has 0 atom stereocenters. The van der Waals surface area contributed by atoms with Gasteiger partial charge < -0.3 is 4.74 Å². The largest absolute Gasteiger partial charge is 0.463 e. The van der Waals surface area contributed by atoms with Gasteiger partial charge in [-0.15, -0.1) is 0 Å². The molecular formula is C25H25O3P. The first kappa shape index (κ1) is 20.8. The Morgan fingerprint density at radius 2 is 1.14 bits per heavy atom. The first-order chi connectivity index (χ1) is 14.0. The number of Topliss-reactive ketones (excluding diaryl/α,β-unsaturated/α-hetero) is 1. The fourth-order valence-electron chi connectivity index (χ4n) is 3.37. The van der Waals surface area contributed by atoms with Crippen LogP contribution in [-0.4, -0.2) is 23.7 Å². The number of hydrogen-bond acceptors (Lipinski definition) is 3. The van der Waals surface area contributed by atoms with Gasteiger partial charge in [0.05, 0.1) is 6.10 Å². The molecule has 0 fully saturated rings. The van der Waals surface area contributed by atoms with Crippen molar-refractivity contribution in [3.63, 3.8) is 0 Å². The maximum atomic E-state index is 13.0. The second-order valence-electron chi connectivity index (χ2n) is 7.04. The Morgan fingerprint density at radius 3 is 1.48 bits per heavy atom. The van der Waals surface area contributed by atoms with Crippen molar-refractivity contribution in [1.82, 2.24) is 0 Å². The van der Waals surface area contributed by atoms with Crippen LogP contribution in [0.2, 0.25) is 0 Å². The van der Waals surface area contributed by atoms with Crippen molar-refractivity contribution >= 4 is 40.3 Å². The zero-order valence-electron chi connectivity index (χ0n) is 16.7. The number of ketones is 1. The molecule has 0 amide bonds. The molecule has 0 saturated carbocycles. The van der Waals surface area contributed by atoms with Gasteiger partial charge in [-0.25, -0.2) is 0 Å². The smallest absolute Gasteiger partial charge is 0.313 e. The molecule has 3 rings (SSSR count). The van der Waals surface area contributed by atoms with E-state index in [9.17, 15) is 9.59 Å². The summed E-state index contributed by atoms with van der Waals surface area (Å²) < 4.78 is 5.19. The SMILES string of the molecule is CC(C)OC(=O)CC(=O)C=P(c1ccccc1)(c1ccccc1)c1ccccc1. The molecule has 3 aromatic carbocycles. The van der Waals surface area contributed by atoms with E-state index in [1.54, 1.807) is 19.6 Å². The summed E-state index contributed by atoms with van der Waals surface area (Å²) in [5, 5.41) is 3.22.